The van der Waals surface area contributed by atoms with E-state index >= 15 is 0 Å². The highest BCUT2D eigenvalue weighted by Crippen LogP contribution is 2.35. The fourth-order valence-electron chi connectivity index (χ4n) is 2.53. The number of aromatic nitrogens is 2. The fraction of sp³-hybridized carbons (Fsp3) is 0.211. The van der Waals surface area contributed by atoms with Gasteiger partial charge in [-0.2, -0.15) is 0 Å². The number of nitrogens with zero attached hydrogens (tertiary/aromatic N) is 2. The van der Waals surface area contributed by atoms with E-state index in [-0.39, 0.29) is 31.7 Å². The summed E-state index contributed by atoms with van der Waals surface area (Å²) in [5, 5.41) is 3.53. The third-order valence-electron chi connectivity index (χ3n) is 3.93. The Balaban J connectivity index is 1.92. The molecule has 1 amide bonds. The lowest BCUT2D eigenvalue weighted by molar-refractivity contribution is 0.102. The van der Waals surface area contributed by atoms with Gasteiger partial charge in [-0.15, -0.1) is 0 Å². The highest BCUT2D eigenvalue weighted by atomic mass is 35.5. The highest BCUT2D eigenvalue weighted by molar-refractivity contribution is 7.92. The van der Waals surface area contributed by atoms with Crippen molar-refractivity contribution in [2.45, 2.75) is 29.7 Å². The molecular formula is C19H17Cl2N3O3S2. The van der Waals surface area contributed by atoms with Crippen LogP contribution >= 0.6 is 34.5 Å². The van der Waals surface area contributed by atoms with E-state index < -0.39 is 15.7 Å². The molecule has 152 valence electrons. The van der Waals surface area contributed by atoms with Gasteiger partial charge in [0.1, 0.15) is 9.90 Å². The summed E-state index contributed by atoms with van der Waals surface area (Å²) in [7, 11) is -3.74. The Labute approximate surface area is 182 Å². The molecule has 2 heterocycles. The van der Waals surface area contributed by atoms with Crippen LogP contribution in [0.25, 0.3) is 0 Å². The molecule has 0 bridgehead atoms. The van der Waals surface area contributed by atoms with Gasteiger partial charge < -0.3 is 0 Å². The number of pyridine rings is 1. The number of thiazole rings is 1. The molecule has 0 saturated carbocycles. The summed E-state index contributed by atoms with van der Waals surface area (Å²) in [5.41, 5.74) is 1.06. The first-order chi connectivity index (χ1) is 13.7. The number of hydrogen-bond donors (Lipinski definition) is 1. The van der Waals surface area contributed by atoms with Gasteiger partial charge in [0.2, 0.25) is 0 Å². The van der Waals surface area contributed by atoms with Crippen molar-refractivity contribution < 1.29 is 13.2 Å². The molecule has 0 unspecified atom stereocenters. The maximum atomic E-state index is 13.1. The normalized spacial score (nSPS) is 11.6. The van der Waals surface area contributed by atoms with E-state index in [0.29, 0.717) is 16.3 Å². The van der Waals surface area contributed by atoms with Gasteiger partial charge in [0.15, 0.2) is 15.0 Å². The van der Waals surface area contributed by atoms with E-state index in [0.717, 1.165) is 11.3 Å². The average molecular weight is 470 g/mol. The van der Waals surface area contributed by atoms with Crippen molar-refractivity contribution in [3.8, 4) is 0 Å². The number of carbonyl (C=O) groups excluding carboxylic acids is 1. The number of halogens is 2. The highest BCUT2D eigenvalue weighted by Gasteiger charge is 2.27. The van der Waals surface area contributed by atoms with Gasteiger partial charge in [-0.25, -0.2) is 13.4 Å². The topological polar surface area (TPSA) is 89.0 Å². The zero-order chi connectivity index (χ0) is 21.2. The second kappa shape index (κ2) is 8.79. The zero-order valence-corrected chi connectivity index (χ0v) is 18.7. The molecule has 2 aromatic heterocycles. The molecule has 3 aromatic rings. The van der Waals surface area contributed by atoms with Gasteiger partial charge >= 0.3 is 0 Å². The minimum Gasteiger partial charge on any atom is -0.296 e. The Morgan fingerprint density at radius 1 is 1.21 bits per heavy atom. The second-order valence-electron chi connectivity index (χ2n) is 6.51. The molecule has 0 spiro atoms. The Morgan fingerprint density at radius 3 is 2.59 bits per heavy atom. The third kappa shape index (κ3) is 5.14. The maximum Gasteiger partial charge on any atom is 0.276 e. The van der Waals surface area contributed by atoms with Gasteiger partial charge in [0.05, 0.1) is 11.4 Å². The van der Waals surface area contributed by atoms with Crippen molar-refractivity contribution in [2.24, 2.45) is 0 Å². The molecular weight excluding hydrogens is 453 g/mol. The van der Waals surface area contributed by atoms with Crippen molar-refractivity contribution >= 4 is 55.4 Å². The molecule has 29 heavy (non-hydrogen) atoms. The van der Waals surface area contributed by atoms with Gasteiger partial charge in [0, 0.05) is 16.2 Å². The monoisotopic (exact) mass is 469 g/mol. The molecule has 0 aliphatic heterocycles. The summed E-state index contributed by atoms with van der Waals surface area (Å²) in [6, 6.07) is 9.63. The van der Waals surface area contributed by atoms with E-state index in [1.54, 1.807) is 30.3 Å². The standard InChI is InChI=1S/C19H17Cl2N3O3S2/c1-11(2)16-18(29(26,27)10-12-6-7-13(20)9-14(12)21)28-19(23-16)24-17(25)15-5-3-4-8-22-15/h3-9,11H,10H2,1-2H3,(H,23,24,25). The van der Waals surface area contributed by atoms with Crippen molar-refractivity contribution in [3.63, 3.8) is 0 Å². The van der Waals surface area contributed by atoms with Gasteiger partial charge in [0.25, 0.3) is 5.91 Å². The van der Waals surface area contributed by atoms with E-state index in [2.05, 4.69) is 15.3 Å². The molecule has 1 N–H and O–H groups in total. The van der Waals surface area contributed by atoms with Crippen LogP contribution in [-0.4, -0.2) is 24.3 Å². The first-order valence-electron chi connectivity index (χ1n) is 8.57. The average Bonchev–Trinajstić information content (AvgIpc) is 3.10. The molecule has 0 saturated heterocycles. The minimum absolute atomic E-state index is 0.106. The summed E-state index contributed by atoms with van der Waals surface area (Å²) in [6.45, 7) is 3.68. The van der Waals surface area contributed by atoms with Crippen LogP contribution in [0.4, 0.5) is 5.13 Å². The number of amides is 1. The van der Waals surface area contributed by atoms with Crippen LogP contribution in [0.5, 0.6) is 0 Å². The number of nitrogens with one attached hydrogen (secondary N) is 1. The lowest BCUT2D eigenvalue weighted by Crippen LogP contribution is -2.13. The Kier molecular flexibility index (Phi) is 6.58. The number of anilines is 1. The van der Waals surface area contributed by atoms with Crippen LogP contribution in [0, 0.1) is 0 Å². The zero-order valence-electron chi connectivity index (χ0n) is 15.5. The van der Waals surface area contributed by atoms with Crippen LogP contribution in [-0.2, 0) is 15.6 Å². The number of hydrogen-bond acceptors (Lipinski definition) is 6. The molecule has 1 aromatic carbocycles. The lowest BCUT2D eigenvalue weighted by Gasteiger charge is -2.08. The molecule has 3 rings (SSSR count). The summed E-state index contributed by atoms with van der Waals surface area (Å²) >= 11 is 12.9. The molecule has 0 atom stereocenters. The van der Waals surface area contributed by atoms with Gasteiger partial charge in [-0.1, -0.05) is 60.5 Å². The third-order valence-corrected chi connectivity index (χ3v) is 7.77. The van der Waals surface area contributed by atoms with Crippen molar-refractivity contribution in [1.82, 2.24) is 9.97 Å². The fourth-order valence-corrected chi connectivity index (χ4v) is 6.24. The van der Waals surface area contributed by atoms with Crippen LogP contribution in [0.3, 0.4) is 0 Å². The maximum absolute atomic E-state index is 13.1. The SMILES string of the molecule is CC(C)c1nc(NC(=O)c2ccccn2)sc1S(=O)(=O)Cc1ccc(Cl)cc1Cl. The summed E-state index contributed by atoms with van der Waals surface area (Å²) in [5.74, 6) is -0.907. The van der Waals surface area contributed by atoms with E-state index in [4.69, 9.17) is 23.2 Å². The van der Waals surface area contributed by atoms with E-state index in [9.17, 15) is 13.2 Å². The molecule has 10 heteroatoms. The summed E-state index contributed by atoms with van der Waals surface area (Å²) in [4.78, 5) is 20.7. The Hall–Kier alpha value is -2.00. The smallest absolute Gasteiger partial charge is 0.276 e. The second-order valence-corrected chi connectivity index (χ2v) is 10.5. The number of sulfone groups is 1. The van der Waals surface area contributed by atoms with Crippen molar-refractivity contribution in [2.75, 3.05) is 5.32 Å². The molecule has 0 aliphatic carbocycles. The van der Waals surface area contributed by atoms with E-state index in [1.165, 1.54) is 12.3 Å². The largest absolute Gasteiger partial charge is 0.296 e. The predicted octanol–water partition coefficient (Wildman–Crippen LogP) is 5.19. The predicted molar refractivity (Wildman–Crippen MR) is 116 cm³/mol. The Morgan fingerprint density at radius 2 is 1.97 bits per heavy atom. The van der Waals surface area contributed by atoms with Gasteiger partial charge in [-0.05, 0) is 35.7 Å². The van der Waals surface area contributed by atoms with Crippen LogP contribution in [0.1, 0.15) is 41.5 Å². The first-order valence-corrected chi connectivity index (χ1v) is 11.8. The van der Waals surface area contributed by atoms with Crippen LogP contribution in [0.15, 0.2) is 46.8 Å². The molecule has 6 nitrogen and oxygen atoms in total. The molecule has 0 radical (unpaired) electrons. The van der Waals surface area contributed by atoms with Crippen molar-refractivity contribution in [1.29, 1.82) is 0 Å². The molecule has 0 fully saturated rings. The Bertz CT molecular complexity index is 1150. The quantitative estimate of drug-likeness (QED) is 0.535. The lowest BCUT2D eigenvalue weighted by atomic mass is 10.2. The van der Waals surface area contributed by atoms with Crippen LogP contribution < -0.4 is 5.32 Å². The molecule has 0 aliphatic rings. The summed E-state index contributed by atoms with van der Waals surface area (Å²) < 4.78 is 26.3. The number of benzene rings is 1. The number of rotatable bonds is 6. The first kappa shape index (κ1) is 21.7. The number of carbonyl (C=O) groups is 1. The summed E-state index contributed by atoms with van der Waals surface area (Å²) in [6.07, 6.45) is 1.50. The van der Waals surface area contributed by atoms with Crippen LogP contribution in [0.2, 0.25) is 10.0 Å². The van der Waals surface area contributed by atoms with E-state index in [1.807, 2.05) is 13.8 Å². The van der Waals surface area contributed by atoms with Gasteiger partial charge in [-0.3, -0.25) is 15.1 Å². The van der Waals surface area contributed by atoms with Crippen molar-refractivity contribution in [3.05, 3.63) is 69.6 Å². The minimum atomic E-state index is -3.74.